The molecule has 0 unspecified atom stereocenters. The first-order valence-electron chi connectivity index (χ1n) is 4.51. The molecule has 0 bridgehead atoms. The highest BCUT2D eigenvalue weighted by molar-refractivity contribution is 8.27. The number of carbonyl (C=O) groups is 3. The van der Waals surface area contributed by atoms with Crippen molar-refractivity contribution >= 4 is 27.9 Å². The molecule has 1 amide bonds. The normalized spacial score (nSPS) is 17.6. The van der Waals surface area contributed by atoms with Crippen molar-refractivity contribution in [2.45, 2.75) is 0 Å². The second-order valence-corrected chi connectivity index (χ2v) is 4.04. The van der Waals surface area contributed by atoms with E-state index in [9.17, 15) is 14.4 Å². The van der Waals surface area contributed by atoms with Crippen LogP contribution in [0.15, 0.2) is 42.1 Å². The van der Waals surface area contributed by atoms with E-state index in [0.717, 1.165) is 6.08 Å². The van der Waals surface area contributed by atoms with Gasteiger partial charge in [-0.1, -0.05) is 30.3 Å². The Hall–Kier alpha value is -1.88. The van der Waals surface area contributed by atoms with Gasteiger partial charge in [0.05, 0.1) is 0 Å². The van der Waals surface area contributed by atoms with Crippen molar-refractivity contribution in [2.75, 3.05) is 0 Å². The molecule has 0 radical (unpaired) electrons. The third-order valence-corrected chi connectivity index (χ3v) is 2.67. The van der Waals surface area contributed by atoms with E-state index in [-0.39, 0.29) is 11.5 Å². The summed E-state index contributed by atoms with van der Waals surface area (Å²) >= 11 is 0.556. The fourth-order valence-electron chi connectivity index (χ4n) is 1.24. The summed E-state index contributed by atoms with van der Waals surface area (Å²) in [5.74, 6) is -0.299. The van der Waals surface area contributed by atoms with Crippen LogP contribution in [0.5, 0.6) is 0 Å². The third kappa shape index (κ3) is 2.20. The van der Waals surface area contributed by atoms with Gasteiger partial charge in [-0.2, -0.15) is 0 Å². The molecular formula is C11H7NO3S. The van der Waals surface area contributed by atoms with Gasteiger partial charge >= 0.3 is 0 Å². The number of benzene rings is 1. The van der Waals surface area contributed by atoms with Crippen LogP contribution in [0.4, 0.5) is 4.79 Å². The van der Waals surface area contributed by atoms with E-state index < -0.39 is 10.4 Å². The average Bonchev–Trinajstić information content (AvgIpc) is 2.59. The molecule has 0 aromatic heterocycles. The molecule has 4 nitrogen and oxygen atoms in total. The SMILES string of the molecule is O=C1NC(=CC(=O)c2ccccc2)C(=O)S1. The Morgan fingerprint density at radius 1 is 1.19 bits per heavy atom. The molecule has 1 heterocycles. The van der Waals surface area contributed by atoms with Crippen molar-refractivity contribution in [2.24, 2.45) is 0 Å². The fourth-order valence-corrected chi connectivity index (χ4v) is 1.79. The Bertz CT molecular complexity index is 493. The molecule has 1 aliphatic rings. The minimum absolute atomic E-state index is 0.0452. The Kier molecular flexibility index (Phi) is 2.87. The van der Waals surface area contributed by atoms with E-state index in [0.29, 0.717) is 17.3 Å². The Labute approximate surface area is 95.7 Å². The topological polar surface area (TPSA) is 63.2 Å². The van der Waals surface area contributed by atoms with Crippen molar-refractivity contribution in [1.82, 2.24) is 5.32 Å². The highest BCUT2D eigenvalue weighted by Gasteiger charge is 2.26. The summed E-state index contributed by atoms with van der Waals surface area (Å²) in [6, 6.07) is 8.55. The quantitative estimate of drug-likeness (QED) is 0.624. The number of amides is 1. The van der Waals surface area contributed by atoms with Crippen molar-refractivity contribution in [3.05, 3.63) is 47.7 Å². The summed E-state index contributed by atoms with van der Waals surface area (Å²) in [5.41, 5.74) is 0.526. The first-order chi connectivity index (χ1) is 7.66. The molecule has 0 saturated carbocycles. The zero-order valence-electron chi connectivity index (χ0n) is 8.10. The molecule has 0 aliphatic carbocycles. The van der Waals surface area contributed by atoms with E-state index in [1.807, 2.05) is 0 Å². The smallest absolute Gasteiger partial charge is 0.291 e. The predicted molar refractivity (Wildman–Crippen MR) is 60.0 cm³/mol. The van der Waals surface area contributed by atoms with Crippen LogP contribution in [-0.4, -0.2) is 16.1 Å². The second-order valence-electron chi connectivity index (χ2n) is 3.09. The van der Waals surface area contributed by atoms with Gasteiger partial charge in [0.15, 0.2) is 5.78 Å². The molecule has 0 spiro atoms. The van der Waals surface area contributed by atoms with Crippen molar-refractivity contribution in [3.63, 3.8) is 0 Å². The summed E-state index contributed by atoms with van der Waals surface area (Å²) in [4.78, 5) is 33.7. The molecule has 5 heteroatoms. The minimum Gasteiger partial charge on any atom is -0.313 e. The number of hydrogen-bond donors (Lipinski definition) is 1. The molecule has 1 aromatic carbocycles. The second kappa shape index (κ2) is 4.32. The molecular weight excluding hydrogens is 226 g/mol. The molecule has 1 aromatic rings. The van der Waals surface area contributed by atoms with Gasteiger partial charge in [0, 0.05) is 23.4 Å². The third-order valence-electron chi connectivity index (χ3n) is 1.98. The molecule has 1 aliphatic heterocycles. The summed E-state index contributed by atoms with van der Waals surface area (Å²) in [6.07, 6.45) is 1.15. The summed E-state index contributed by atoms with van der Waals surface area (Å²) in [5, 5.41) is 1.45. The van der Waals surface area contributed by atoms with Crippen LogP contribution in [0.1, 0.15) is 10.4 Å². The standard InChI is InChI=1S/C11H7NO3S/c13-9(7-4-2-1-3-5-7)6-8-10(14)16-11(15)12-8/h1-6H,(H,12,15). The van der Waals surface area contributed by atoms with E-state index in [1.54, 1.807) is 30.3 Å². The summed E-state index contributed by atoms with van der Waals surface area (Å²) < 4.78 is 0. The van der Waals surface area contributed by atoms with E-state index in [2.05, 4.69) is 5.32 Å². The number of rotatable bonds is 2. The lowest BCUT2D eigenvalue weighted by Crippen LogP contribution is -2.12. The molecule has 1 saturated heterocycles. The first kappa shape index (κ1) is 10.6. The van der Waals surface area contributed by atoms with Gasteiger partial charge in [0.1, 0.15) is 5.70 Å². The van der Waals surface area contributed by atoms with Crippen LogP contribution in [0.2, 0.25) is 0 Å². The molecule has 1 fully saturated rings. The lowest BCUT2D eigenvalue weighted by atomic mass is 10.1. The highest BCUT2D eigenvalue weighted by atomic mass is 32.2. The molecule has 1 N–H and O–H groups in total. The minimum atomic E-state index is -0.447. The van der Waals surface area contributed by atoms with Gasteiger partial charge in [0.25, 0.3) is 5.24 Å². The zero-order valence-corrected chi connectivity index (χ0v) is 8.91. The fraction of sp³-hybridized carbons (Fsp3) is 0. The van der Waals surface area contributed by atoms with Crippen LogP contribution in [0.3, 0.4) is 0 Å². The van der Waals surface area contributed by atoms with Gasteiger partial charge in [-0.3, -0.25) is 14.4 Å². The van der Waals surface area contributed by atoms with Gasteiger partial charge in [-0.05, 0) is 0 Å². The number of thioether (sulfide) groups is 1. The van der Waals surface area contributed by atoms with Crippen LogP contribution >= 0.6 is 11.8 Å². The lowest BCUT2D eigenvalue weighted by molar-refractivity contribution is -0.107. The van der Waals surface area contributed by atoms with Gasteiger partial charge in [0.2, 0.25) is 5.12 Å². The molecule has 80 valence electrons. The zero-order chi connectivity index (χ0) is 11.5. The number of allylic oxidation sites excluding steroid dienone is 1. The van der Waals surface area contributed by atoms with Gasteiger partial charge in [-0.15, -0.1) is 0 Å². The van der Waals surface area contributed by atoms with Crippen molar-refractivity contribution in [3.8, 4) is 0 Å². The monoisotopic (exact) mass is 233 g/mol. The Balaban J connectivity index is 2.22. The number of hydrogen-bond acceptors (Lipinski definition) is 4. The maximum absolute atomic E-state index is 11.7. The van der Waals surface area contributed by atoms with Crippen LogP contribution in [-0.2, 0) is 4.79 Å². The van der Waals surface area contributed by atoms with E-state index in [1.165, 1.54) is 0 Å². The number of nitrogens with one attached hydrogen (secondary N) is 1. The van der Waals surface area contributed by atoms with Crippen LogP contribution in [0.25, 0.3) is 0 Å². The lowest BCUT2D eigenvalue weighted by Gasteiger charge is -1.96. The van der Waals surface area contributed by atoms with Crippen molar-refractivity contribution in [1.29, 1.82) is 0 Å². The highest BCUT2D eigenvalue weighted by Crippen LogP contribution is 2.18. The Morgan fingerprint density at radius 3 is 2.44 bits per heavy atom. The molecule has 2 rings (SSSR count). The molecule has 0 atom stereocenters. The largest absolute Gasteiger partial charge is 0.313 e. The van der Waals surface area contributed by atoms with E-state index in [4.69, 9.17) is 0 Å². The maximum Gasteiger partial charge on any atom is 0.291 e. The maximum atomic E-state index is 11.7. The summed E-state index contributed by atoms with van der Waals surface area (Å²) in [6.45, 7) is 0. The number of carbonyl (C=O) groups excluding carboxylic acids is 3. The van der Waals surface area contributed by atoms with E-state index >= 15 is 0 Å². The predicted octanol–water partition coefficient (Wildman–Crippen LogP) is 1.74. The van der Waals surface area contributed by atoms with Crippen LogP contribution < -0.4 is 5.32 Å². The average molecular weight is 233 g/mol. The number of ketones is 1. The Morgan fingerprint density at radius 2 is 1.88 bits per heavy atom. The summed E-state index contributed by atoms with van der Waals surface area (Å²) in [7, 11) is 0. The van der Waals surface area contributed by atoms with Gasteiger partial charge < -0.3 is 5.32 Å². The van der Waals surface area contributed by atoms with Gasteiger partial charge in [-0.25, -0.2) is 0 Å². The van der Waals surface area contributed by atoms with Crippen LogP contribution in [0, 0.1) is 0 Å². The van der Waals surface area contributed by atoms with Crippen molar-refractivity contribution < 1.29 is 14.4 Å². The first-order valence-corrected chi connectivity index (χ1v) is 5.33. The molecule has 16 heavy (non-hydrogen) atoms.